The molecule has 0 bridgehead atoms. The number of nitrogens with zero attached hydrogens (tertiary/aromatic N) is 2. The lowest BCUT2D eigenvalue weighted by Crippen LogP contribution is -2.36. The van der Waals surface area contributed by atoms with Crippen LogP contribution in [0.1, 0.15) is 17.2 Å². The summed E-state index contributed by atoms with van der Waals surface area (Å²) in [7, 11) is 3.79. The molecule has 0 heterocycles. The Hall–Kier alpha value is -2.91. The Morgan fingerprint density at radius 1 is 1.17 bits per heavy atom. The molecular formula is C18H19FN4O. The Labute approximate surface area is 140 Å². The molecule has 0 aromatic heterocycles. The van der Waals surface area contributed by atoms with Gasteiger partial charge in [0.25, 0.3) is 0 Å². The topological polar surface area (TPSA) is 68.2 Å². The molecule has 0 aliphatic carbocycles. The number of hydrogen-bond donors (Lipinski definition) is 2. The van der Waals surface area contributed by atoms with E-state index in [1.54, 1.807) is 36.4 Å². The van der Waals surface area contributed by atoms with Crippen LogP contribution in [0, 0.1) is 17.1 Å². The third-order valence-corrected chi connectivity index (χ3v) is 3.61. The number of halogens is 1. The van der Waals surface area contributed by atoms with Crippen molar-refractivity contribution in [3.05, 3.63) is 65.5 Å². The molecule has 0 aliphatic rings. The summed E-state index contributed by atoms with van der Waals surface area (Å²) in [6.45, 7) is 0.376. The minimum absolute atomic E-state index is 0.0719. The van der Waals surface area contributed by atoms with E-state index in [9.17, 15) is 9.18 Å². The number of likely N-dealkylation sites (N-methyl/N-ethyl adjacent to an activating group) is 1. The highest BCUT2D eigenvalue weighted by Gasteiger charge is 2.15. The third-order valence-electron chi connectivity index (χ3n) is 3.61. The van der Waals surface area contributed by atoms with Crippen molar-refractivity contribution in [2.45, 2.75) is 6.04 Å². The molecule has 0 fully saturated rings. The van der Waals surface area contributed by atoms with Crippen LogP contribution in [0.3, 0.4) is 0 Å². The fraction of sp³-hybridized carbons (Fsp3) is 0.222. The van der Waals surface area contributed by atoms with Crippen molar-refractivity contribution in [1.82, 2.24) is 10.2 Å². The summed E-state index contributed by atoms with van der Waals surface area (Å²) in [5.74, 6) is -0.289. The summed E-state index contributed by atoms with van der Waals surface area (Å²) in [6, 6.07) is 14.4. The number of anilines is 1. The molecule has 0 aliphatic heterocycles. The molecule has 0 saturated carbocycles. The predicted molar refractivity (Wildman–Crippen MR) is 91.0 cm³/mol. The number of nitrogens with one attached hydrogen (secondary N) is 2. The quantitative estimate of drug-likeness (QED) is 0.887. The second-order valence-corrected chi connectivity index (χ2v) is 5.56. The maximum absolute atomic E-state index is 13.0. The highest BCUT2D eigenvalue weighted by atomic mass is 19.1. The Kier molecular flexibility index (Phi) is 5.88. The van der Waals surface area contributed by atoms with E-state index >= 15 is 0 Å². The first-order valence-electron chi connectivity index (χ1n) is 7.46. The number of carbonyl (C=O) groups excluding carboxylic acids is 1. The normalized spacial score (nSPS) is 11.6. The van der Waals surface area contributed by atoms with Crippen LogP contribution in [0.5, 0.6) is 0 Å². The third kappa shape index (κ3) is 4.80. The molecule has 5 nitrogen and oxygen atoms in total. The van der Waals surface area contributed by atoms with Crippen LogP contribution in [0.4, 0.5) is 14.9 Å². The highest BCUT2D eigenvalue weighted by molar-refractivity contribution is 5.89. The second-order valence-electron chi connectivity index (χ2n) is 5.56. The van der Waals surface area contributed by atoms with Crippen molar-refractivity contribution in [2.24, 2.45) is 0 Å². The fourth-order valence-electron chi connectivity index (χ4n) is 2.28. The number of rotatable bonds is 5. The number of carbonyl (C=O) groups is 1. The minimum Gasteiger partial charge on any atom is -0.336 e. The van der Waals surface area contributed by atoms with Crippen LogP contribution in [-0.4, -0.2) is 31.6 Å². The molecule has 6 heteroatoms. The van der Waals surface area contributed by atoms with Crippen molar-refractivity contribution in [3.63, 3.8) is 0 Å². The zero-order chi connectivity index (χ0) is 17.5. The lowest BCUT2D eigenvalue weighted by molar-refractivity contribution is 0.243. The van der Waals surface area contributed by atoms with Crippen molar-refractivity contribution in [3.8, 4) is 6.07 Å². The van der Waals surface area contributed by atoms with Crippen LogP contribution in [-0.2, 0) is 0 Å². The van der Waals surface area contributed by atoms with Gasteiger partial charge in [0.2, 0.25) is 0 Å². The Morgan fingerprint density at radius 3 is 2.33 bits per heavy atom. The van der Waals surface area contributed by atoms with E-state index < -0.39 is 0 Å². The van der Waals surface area contributed by atoms with Gasteiger partial charge in [-0.05, 0) is 56.1 Å². The summed E-state index contributed by atoms with van der Waals surface area (Å²) < 4.78 is 13.0. The zero-order valence-corrected chi connectivity index (χ0v) is 13.6. The molecular weight excluding hydrogens is 307 g/mol. The van der Waals surface area contributed by atoms with E-state index in [0.29, 0.717) is 17.8 Å². The Balaban J connectivity index is 1.94. The van der Waals surface area contributed by atoms with Crippen LogP contribution in [0.2, 0.25) is 0 Å². The minimum atomic E-state index is -0.339. The largest absolute Gasteiger partial charge is 0.336 e. The monoisotopic (exact) mass is 326 g/mol. The molecule has 124 valence electrons. The number of nitriles is 1. The van der Waals surface area contributed by atoms with E-state index in [1.165, 1.54) is 12.1 Å². The lowest BCUT2D eigenvalue weighted by atomic mass is 10.1. The molecule has 2 amide bonds. The lowest BCUT2D eigenvalue weighted by Gasteiger charge is -2.25. The molecule has 1 atom stereocenters. The molecule has 2 aromatic carbocycles. The molecule has 0 radical (unpaired) electrons. The fourth-order valence-corrected chi connectivity index (χ4v) is 2.28. The summed E-state index contributed by atoms with van der Waals surface area (Å²) in [5.41, 5.74) is 2.06. The first kappa shape index (κ1) is 17.4. The summed E-state index contributed by atoms with van der Waals surface area (Å²) >= 11 is 0. The molecule has 2 rings (SSSR count). The van der Waals surface area contributed by atoms with E-state index in [4.69, 9.17) is 5.26 Å². The van der Waals surface area contributed by atoms with Gasteiger partial charge >= 0.3 is 6.03 Å². The standard InChI is InChI=1S/C18H19FN4O/c1-23(2)17(14-5-7-15(19)8-6-14)12-21-18(24)22-16-9-3-13(11-20)4-10-16/h3-10,17H,12H2,1-2H3,(H2,21,22,24). The SMILES string of the molecule is CN(C)C(CNC(=O)Nc1ccc(C#N)cc1)c1ccc(F)cc1. The first-order chi connectivity index (χ1) is 11.5. The maximum Gasteiger partial charge on any atom is 0.319 e. The van der Waals surface area contributed by atoms with Gasteiger partial charge in [-0.3, -0.25) is 0 Å². The number of hydrogen-bond acceptors (Lipinski definition) is 3. The van der Waals surface area contributed by atoms with Crippen LogP contribution in [0.15, 0.2) is 48.5 Å². The maximum atomic E-state index is 13.0. The second kappa shape index (κ2) is 8.09. The van der Waals surface area contributed by atoms with E-state index in [-0.39, 0.29) is 17.9 Å². The molecule has 2 aromatic rings. The van der Waals surface area contributed by atoms with Crippen molar-refractivity contribution < 1.29 is 9.18 Å². The smallest absolute Gasteiger partial charge is 0.319 e. The molecule has 0 spiro atoms. The van der Waals surface area contributed by atoms with Gasteiger partial charge in [-0.25, -0.2) is 9.18 Å². The van der Waals surface area contributed by atoms with Gasteiger partial charge < -0.3 is 15.5 Å². The molecule has 24 heavy (non-hydrogen) atoms. The molecule has 0 saturated heterocycles. The average Bonchev–Trinajstić information content (AvgIpc) is 2.57. The van der Waals surface area contributed by atoms with E-state index in [1.807, 2.05) is 25.1 Å². The van der Waals surface area contributed by atoms with Gasteiger partial charge in [-0.2, -0.15) is 5.26 Å². The van der Waals surface area contributed by atoms with Crippen LogP contribution < -0.4 is 10.6 Å². The van der Waals surface area contributed by atoms with Gasteiger partial charge in [0.1, 0.15) is 5.82 Å². The first-order valence-corrected chi connectivity index (χ1v) is 7.46. The van der Waals surface area contributed by atoms with Crippen LogP contribution >= 0.6 is 0 Å². The summed E-state index contributed by atoms with van der Waals surface area (Å²) in [4.78, 5) is 14.0. The average molecular weight is 326 g/mol. The van der Waals surface area contributed by atoms with Gasteiger partial charge in [0, 0.05) is 12.2 Å². The van der Waals surface area contributed by atoms with Crippen molar-refractivity contribution in [1.29, 1.82) is 5.26 Å². The van der Waals surface area contributed by atoms with Gasteiger partial charge in [0.05, 0.1) is 17.7 Å². The van der Waals surface area contributed by atoms with Gasteiger partial charge in [-0.15, -0.1) is 0 Å². The predicted octanol–water partition coefficient (Wildman–Crippen LogP) is 3.12. The summed E-state index contributed by atoms with van der Waals surface area (Å²) in [5, 5.41) is 14.3. The van der Waals surface area contributed by atoms with E-state index in [0.717, 1.165) is 5.56 Å². The number of amides is 2. The number of urea groups is 1. The van der Waals surface area contributed by atoms with Crippen molar-refractivity contribution >= 4 is 11.7 Å². The number of benzene rings is 2. The Bertz CT molecular complexity index is 720. The van der Waals surface area contributed by atoms with Crippen molar-refractivity contribution in [2.75, 3.05) is 26.0 Å². The zero-order valence-electron chi connectivity index (χ0n) is 13.6. The van der Waals surface area contributed by atoms with Crippen LogP contribution in [0.25, 0.3) is 0 Å². The van der Waals surface area contributed by atoms with Gasteiger partial charge in [0.15, 0.2) is 0 Å². The molecule has 2 N–H and O–H groups in total. The van der Waals surface area contributed by atoms with Gasteiger partial charge in [-0.1, -0.05) is 12.1 Å². The summed E-state index contributed by atoms with van der Waals surface area (Å²) in [6.07, 6.45) is 0. The van der Waals surface area contributed by atoms with E-state index in [2.05, 4.69) is 10.6 Å². The highest BCUT2D eigenvalue weighted by Crippen LogP contribution is 2.18. The molecule has 1 unspecified atom stereocenters. The Morgan fingerprint density at radius 2 is 1.79 bits per heavy atom.